The molecule has 3 unspecified atom stereocenters. The molecule has 0 spiro atoms. The number of fused-ring (bicyclic) bond motifs is 3. The molecular weight excluding hydrogens is 411 g/mol. The van der Waals surface area contributed by atoms with E-state index in [-0.39, 0.29) is 17.6 Å². The molecule has 1 heterocycles. The molecule has 33 heavy (non-hydrogen) atoms. The SMILES string of the molecule is CC1=CC=CC(CNC(=O)C2CCc3c(c4ccccc4n3Cc3cccc(F)c3)C2)C1C. The van der Waals surface area contributed by atoms with Gasteiger partial charge in [-0.05, 0) is 61.4 Å². The number of hydrogen-bond donors (Lipinski definition) is 1. The van der Waals surface area contributed by atoms with Crippen LogP contribution in [0, 0.1) is 23.6 Å². The van der Waals surface area contributed by atoms with Crippen LogP contribution in [0.25, 0.3) is 10.9 Å². The van der Waals surface area contributed by atoms with Gasteiger partial charge >= 0.3 is 0 Å². The van der Waals surface area contributed by atoms with E-state index in [0.717, 1.165) is 30.3 Å². The number of aromatic nitrogens is 1. The van der Waals surface area contributed by atoms with Crippen molar-refractivity contribution in [3.8, 4) is 0 Å². The molecule has 3 nitrogen and oxygen atoms in total. The summed E-state index contributed by atoms with van der Waals surface area (Å²) in [5, 5.41) is 4.45. The standard InChI is InChI=1S/C29H31FN2O/c1-19-7-5-9-23(20(19)2)17-31-29(33)22-13-14-28-26(16-22)25-11-3-4-12-27(25)32(28)18-21-8-6-10-24(30)15-21/h3-12,15,20,22-23H,13-14,16-18H2,1-2H3,(H,31,33). The number of hydrogen-bond acceptors (Lipinski definition) is 1. The maximum atomic E-state index is 13.8. The minimum atomic E-state index is -0.206. The molecule has 1 aromatic heterocycles. The summed E-state index contributed by atoms with van der Waals surface area (Å²) in [6, 6.07) is 15.2. The van der Waals surface area contributed by atoms with Gasteiger partial charge in [0.2, 0.25) is 5.91 Å². The second-order valence-electron chi connectivity index (χ2n) is 9.59. The van der Waals surface area contributed by atoms with Crippen LogP contribution in [0.4, 0.5) is 4.39 Å². The molecule has 2 aromatic carbocycles. The number of amides is 1. The Labute approximate surface area is 195 Å². The van der Waals surface area contributed by atoms with Gasteiger partial charge in [0, 0.05) is 41.5 Å². The number of nitrogens with one attached hydrogen (secondary N) is 1. The highest BCUT2D eigenvalue weighted by Gasteiger charge is 2.30. The fraction of sp³-hybridized carbons (Fsp3) is 0.345. The van der Waals surface area contributed by atoms with E-state index >= 15 is 0 Å². The normalized spacial score (nSPS) is 22.2. The molecule has 1 amide bonds. The lowest BCUT2D eigenvalue weighted by molar-refractivity contribution is -0.125. The van der Waals surface area contributed by atoms with Crippen LogP contribution < -0.4 is 5.32 Å². The fourth-order valence-corrected chi connectivity index (χ4v) is 5.44. The van der Waals surface area contributed by atoms with Crippen molar-refractivity contribution >= 4 is 16.8 Å². The number of carbonyl (C=O) groups excluding carboxylic acids is 1. The average Bonchev–Trinajstić information content (AvgIpc) is 3.13. The van der Waals surface area contributed by atoms with E-state index in [0.29, 0.717) is 24.9 Å². The van der Waals surface area contributed by atoms with Crippen molar-refractivity contribution in [2.45, 2.75) is 39.7 Å². The Morgan fingerprint density at radius 2 is 2.03 bits per heavy atom. The van der Waals surface area contributed by atoms with Gasteiger partial charge in [-0.1, -0.05) is 61.1 Å². The van der Waals surface area contributed by atoms with Crippen molar-refractivity contribution < 1.29 is 9.18 Å². The summed E-state index contributed by atoms with van der Waals surface area (Å²) in [5.41, 5.74) is 6.05. The first-order valence-electron chi connectivity index (χ1n) is 12.0. The van der Waals surface area contributed by atoms with Crippen LogP contribution >= 0.6 is 0 Å². The van der Waals surface area contributed by atoms with Gasteiger partial charge in [-0.2, -0.15) is 0 Å². The number of halogens is 1. The third-order valence-corrected chi connectivity index (χ3v) is 7.56. The monoisotopic (exact) mass is 442 g/mol. The Morgan fingerprint density at radius 1 is 1.18 bits per heavy atom. The second kappa shape index (κ2) is 9.01. The van der Waals surface area contributed by atoms with Crippen LogP contribution in [-0.2, 0) is 24.2 Å². The van der Waals surface area contributed by atoms with Gasteiger partial charge in [0.15, 0.2) is 0 Å². The first kappa shape index (κ1) is 21.7. The van der Waals surface area contributed by atoms with Crippen molar-refractivity contribution in [2.24, 2.45) is 17.8 Å². The zero-order valence-corrected chi connectivity index (χ0v) is 19.4. The van der Waals surface area contributed by atoms with Crippen LogP contribution in [0.2, 0.25) is 0 Å². The van der Waals surface area contributed by atoms with Crippen molar-refractivity contribution in [3.63, 3.8) is 0 Å². The maximum Gasteiger partial charge on any atom is 0.223 e. The largest absolute Gasteiger partial charge is 0.355 e. The Hall–Kier alpha value is -3.14. The van der Waals surface area contributed by atoms with Crippen molar-refractivity contribution in [1.29, 1.82) is 0 Å². The highest BCUT2D eigenvalue weighted by molar-refractivity contribution is 5.88. The molecule has 4 heteroatoms. The molecule has 1 N–H and O–H groups in total. The molecule has 0 saturated carbocycles. The molecule has 0 fully saturated rings. The highest BCUT2D eigenvalue weighted by Crippen LogP contribution is 2.35. The molecule has 5 rings (SSSR count). The van der Waals surface area contributed by atoms with Gasteiger partial charge < -0.3 is 9.88 Å². The fourth-order valence-electron chi connectivity index (χ4n) is 5.44. The summed E-state index contributed by atoms with van der Waals surface area (Å²) in [6.07, 6.45) is 8.92. The molecular formula is C29H31FN2O. The Kier molecular flexibility index (Phi) is 5.92. The zero-order chi connectivity index (χ0) is 22.9. The van der Waals surface area contributed by atoms with Gasteiger partial charge in [0.25, 0.3) is 0 Å². The predicted octanol–water partition coefficient (Wildman–Crippen LogP) is 5.82. The van der Waals surface area contributed by atoms with E-state index in [4.69, 9.17) is 0 Å². The molecule has 2 aliphatic rings. The molecule has 0 radical (unpaired) electrons. The summed E-state index contributed by atoms with van der Waals surface area (Å²) in [5.74, 6) is 0.753. The van der Waals surface area contributed by atoms with Crippen LogP contribution in [0.3, 0.4) is 0 Å². The summed E-state index contributed by atoms with van der Waals surface area (Å²) in [7, 11) is 0. The minimum absolute atomic E-state index is 0.00885. The van der Waals surface area contributed by atoms with Crippen LogP contribution in [-0.4, -0.2) is 17.0 Å². The number of allylic oxidation sites excluding steroid dienone is 3. The van der Waals surface area contributed by atoms with Gasteiger partial charge in [-0.3, -0.25) is 4.79 Å². The summed E-state index contributed by atoms with van der Waals surface area (Å²) >= 11 is 0. The smallest absolute Gasteiger partial charge is 0.223 e. The number of nitrogens with zero attached hydrogens (tertiary/aromatic N) is 1. The maximum absolute atomic E-state index is 13.8. The van der Waals surface area contributed by atoms with Crippen molar-refractivity contribution in [3.05, 3.63) is 95.0 Å². The van der Waals surface area contributed by atoms with E-state index in [1.54, 1.807) is 12.1 Å². The Morgan fingerprint density at radius 3 is 2.88 bits per heavy atom. The summed E-state index contributed by atoms with van der Waals surface area (Å²) in [4.78, 5) is 13.1. The lowest BCUT2D eigenvalue weighted by Gasteiger charge is -2.27. The quantitative estimate of drug-likeness (QED) is 0.531. The number of para-hydroxylation sites is 1. The molecule has 3 aromatic rings. The summed E-state index contributed by atoms with van der Waals surface area (Å²) < 4.78 is 16.1. The second-order valence-corrected chi connectivity index (χ2v) is 9.59. The lowest BCUT2D eigenvalue weighted by Crippen LogP contribution is -2.38. The molecule has 2 aliphatic carbocycles. The first-order valence-corrected chi connectivity index (χ1v) is 12.0. The third-order valence-electron chi connectivity index (χ3n) is 7.56. The number of benzene rings is 2. The summed E-state index contributed by atoms with van der Waals surface area (Å²) in [6.45, 7) is 5.72. The van der Waals surface area contributed by atoms with E-state index in [2.05, 4.69) is 66.2 Å². The first-order chi connectivity index (χ1) is 16.0. The van der Waals surface area contributed by atoms with Crippen LogP contribution in [0.15, 0.2) is 72.3 Å². The van der Waals surface area contributed by atoms with E-state index in [9.17, 15) is 9.18 Å². The zero-order valence-electron chi connectivity index (χ0n) is 19.4. The Bertz CT molecular complexity index is 1250. The van der Waals surface area contributed by atoms with Crippen molar-refractivity contribution in [1.82, 2.24) is 9.88 Å². The Balaban J connectivity index is 1.35. The number of carbonyl (C=O) groups is 1. The van der Waals surface area contributed by atoms with Gasteiger partial charge in [0.05, 0.1) is 0 Å². The molecule has 0 bridgehead atoms. The third kappa shape index (κ3) is 4.27. The van der Waals surface area contributed by atoms with Crippen molar-refractivity contribution in [2.75, 3.05) is 6.54 Å². The van der Waals surface area contributed by atoms with E-state index in [1.807, 2.05) is 6.07 Å². The molecule has 3 atom stereocenters. The van der Waals surface area contributed by atoms with E-state index < -0.39 is 0 Å². The van der Waals surface area contributed by atoms with Gasteiger partial charge in [-0.15, -0.1) is 0 Å². The van der Waals surface area contributed by atoms with Gasteiger partial charge in [-0.25, -0.2) is 4.39 Å². The lowest BCUT2D eigenvalue weighted by atomic mass is 9.83. The topological polar surface area (TPSA) is 34.0 Å². The van der Waals surface area contributed by atoms with Crippen LogP contribution in [0.5, 0.6) is 0 Å². The van der Waals surface area contributed by atoms with E-state index in [1.165, 1.54) is 28.3 Å². The number of rotatable bonds is 5. The highest BCUT2D eigenvalue weighted by atomic mass is 19.1. The van der Waals surface area contributed by atoms with Gasteiger partial charge in [0.1, 0.15) is 5.82 Å². The minimum Gasteiger partial charge on any atom is -0.355 e. The molecule has 0 aliphatic heterocycles. The average molecular weight is 443 g/mol. The van der Waals surface area contributed by atoms with Crippen LogP contribution in [0.1, 0.15) is 37.1 Å². The molecule has 170 valence electrons. The molecule has 0 saturated heterocycles. The predicted molar refractivity (Wildman–Crippen MR) is 132 cm³/mol.